The van der Waals surface area contributed by atoms with Gasteiger partial charge in [-0.2, -0.15) is 0 Å². The minimum absolute atomic E-state index is 0.112. The molecule has 116 valence electrons. The maximum absolute atomic E-state index is 10.9. The van der Waals surface area contributed by atoms with Gasteiger partial charge < -0.3 is 15.4 Å². The minimum atomic E-state index is -0.189. The van der Waals surface area contributed by atoms with E-state index >= 15 is 0 Å². The van der Waals surface area contributed by atoms with Crippen LogP contribution in [0.2, 0.25) is 0 Å². The van der Waals surface area contributed by atoms with E-state index in [2.05, 4.69) is 17.0 Å². The SMILES string of the molecule is COC(CN1CCCC(CCC(N)=O)C1)c1ccccc1. The number of benzene rings is 1. The molecule has 21 heavy (non-hydrogen) atoms. The molecule has 1 aliphatic heterocycles. The largest absolute Gasteiger partial charge is 0.375 e. The van der Waals surface area contributed by atoms with Gasteiger partial charge in [0.1, 0.15) is 0 Å². The molecule has 2 N–H and O–H groups in total. The van der Waals surface area contributed by atoms with Crippen LogP contribution in [0.4, 0.5) is 0 Å². The molecule has 0 spiro atoms. The van der Waals surface area contributed by atoms with Gasteiger partial charge in [0, 0.05) is 26.6 Å². The third kappa shape index (κ3) is 5.14. The van der Waals surface area contributed by atoms with Crippen LogP contribution in [0, 0.1) is 5.92 Å². The normalized spacial score (nSPS) is 21.1. The Labute approximate surface area is 127 Å². The summed E-state index contributed by atoms with van der Waals surface area (Å²) in [5.41, 5.74) is 6.47. The van der Waals surface area contributed by atoms with Crippen molar-refractivity contribution in [2.24, 2.45) is 11.7 Å². The summed E-state index contributed by atoms with van der Waals surface area (Å²) < 4.78 is 5.66. The van der Waals surface area contributed by atoms with Crippen LogP contribution in [0.1, 0.15) is 37.4 Å². The van der Waals surface area contributed by atoms with E-state index in [1.54, 1.807) is 7.11 Å². The first kappa shape index (κ1) is 16.0. The first-order valence-electron chi connectivity index (χ1n) is 7.77. The van der Waals surface area contributed by atoms with Crippen molar-refractivity contribution in [3.05, 3.63) is 35.9 Å². The highest BCUT2D eigenvalue weighted by atomic mass is 16.5. The molecule has 0 aliphatic carbocycles. The summed E-state index contributed by atoms with van der Waals surface area (Å²) in [4.78, 5) is 13.4. The van der Waals surface area contributed by atoms with Crippen LogP contribution in [-0.2, 0) is 9.53 Å². The Hall–Kier alpha value is -1.39. The zero-order valence-electron chi connectivity index (χ0n) is 12.8. The minimum Gasteiger partial charge on any atom is -0.375 e. The first-order valence-corrected chi connectivity index (χ1v) is 7.77. The molecule has 2 unspecified atom stereocenters. The molecule has 2 rings (SSSR count). The number of primary amides is 1. The number of carbonyl (C=O) groups excluding carboxylic acids is 1. The Morgan fingerprint density at radius 3 is 2.86 bits per heavy atom. The van der Waals surface area contributed by atoms with Crippen molar-refractivity contribution in [3.63, 3.8) is 0 Å². The highest BCUT2D eigenvalue weighted by Gasteiger charge is 2.23. The Balaban J connectivity index is 1.87. The van der Waals surface area contributed by atoms with Gasteiger partial charge >= 0.3 is 0 Å². The van der Waals surface area contributed by atoms with Gasteiger partial charge in [-0.1, -0.05) is 30.3 Å². The lowest BCUT2D eigenvalue weighted by molar-refractivity contribution is -0.118. The lowest BCUT2D eigenvalue weighted by Crippen LogP contribution is -2.38. The van der Waals surface area contributed by atoms with E-state index in [9.17, 15) is 4.79 Å². The van der Waals surface area contributed by atoms with Crippen LogP contribution < -0.4 is 5.73 Å². The number of piperidine rings is 1. The van der Waals surface area contributed by atoms with Crippen molar-refractivity contribution in [1.29, 1.82) is 0 Å². The van der Waals surface area contributed by atoms with Gasteiger partial charge in [-0.15, -0.1) is 0 Å². The maximum atomic E-state index is 10.9. The van der Waals surface area contributed by atoms with E-state index in [0.29, 0.717) is 12.3 Å². The quantitative estimate of drug-likeness (QED) is 0.838. The molecule has 1 aliphatic rings. The van der Waals surface area contributed by atoms with E-state index in [1.807, 2.05) is 18.2 Å². The van der Waals surface area contributed by atoms with E-state index in [4.69, 9.17) is 10.5 Å². The van der Waals surface area contributed by atoms with Crippen molar-refractivity contribution in [2.45, 2.75) is 31.8 Å². The molecule has 1 heterocycles. The van der Waals surface area contributed by atoms with Gasteiger partial charge in [-0.3, -0.25) is 4.79 Å². The average molecular weight is 290 g/mol. The summed E-state index contributed by atoms with van der Waals surface area (Å²) in [6, 6.07) is 10.3. The molecule has 0 aromatic heterocycles. The molecule has 1 amide bonds. The molecule has 1 aromatic carbocycles. The predicted octanol–water partition coefficient (Wildman–Crippen LogP) is 2.35. The molecule has 0 radical (unpaired) electrons. The van der Waals surface area contributed by atoms with Crippen molar-refractivity contribution in [2.75, 3.05) is 26.7 Å². The zero-order valence-corrected chi connectivity index (χ0v) is 12.8. The average Bonchev–Trinajstić information content (AvgIpc) is 2.52. The van der Waals surface area contributed by atoms with E-state index in [0.717, 1.165) is 26.1 Å². The molecule has 0 saturated carbocycles. The van der Waals surface area contributed by atoms with Gasteiger partial charge in [0.2, 0.25) is 5.91 Å². The van der Waals surface area contributed by atoms with E-state index < -0.39 is 0 Å². The summed E-state index contributed by atoms with van der Waals surface area (Å²) in [6.07, 6.45) is 3.92. The van der Waals surface area contributed by atoms with Gasteiger partial charge in [0.25, 0.3) is 0 Å². The second-order valence-electron chi connectivity index (χ2n) is 5.91. The Bertz CT molecular complexity index is 436. The van der Waals surface area contributed by atoms with E-state index in [1.165, 1.54) is 18.4 Å². The number of hydrogen-bond acceptors (Lipinski definition) is 3. The van der Waals surface area contributed by atoms with Crippen molar-refractivity contribution in [1.82, 2.24) is 4.90 Å². The van der Waals surface area contributed by atoms with Gasteiger partial charge in [-0.25, -0.2) is 0 Å². The van der Waals surface area contributed by atoms with Gasteiger partial charge in [-0.05, 0) is 37.3 Å². The lowest BCUT2D eigenvalue weighted by atomic mass is 9.93. The van der Waals surface area contributed by atoms with Crippen molar-refractivity contribution >= 4 is 5.91 Å². The van der Waals surface area contributed by atoms with Crippen LogP contribution in [0.25, 0.3) is 0 Å². The second kappa shape index (κ2) is 8.15. The summed E-state index contributed by atoms with van der Waals surface area (Å²) in [5.74, 6) is 0.394. The number of amides is 1. The van der Waals surface area contributed by atoms with Crippen molar-refractivity contribution < 1.29 is 9.53 Å². The Morgan fingerprint density at radius 2 is 2.19 bits per heavy atom. The fraction of sp³-hybridized carbons (Fsp3) is 0.588. The smallest absolute Gasteiger partial charge is 0.217 e. The van der Waals surface area contributed by atoms with Gasteiger partial charge in [0.05, 0.1) is 6.10 Å². The molecule has 1 saturated heterocycles. The molecule has 1 aromatic rings. The van der Waals surface area contributed by atoms with Crippen LogP contribution in [0.3, 0.4) is 0 Å². The summed E-state index contributed by atoms with van der Waals surface area (Å²) in [5, 5.41) is 0. The highest BCUT2D eigenvalue weighted by molar-refractivity contribution is 5.73. The zero-order chi connectivity index (χ0) is 15.1. The van der Waals surface area contributed by atoms with Crippen LogP contribution in [0.15, 0.2) is 30.3 Å². The second-order valence-corrected chi connectivity index (χ2v) is 5.91. The molecule has 4 nitrogen and oxygen atoms in total. The monoisotopic (exact) mass is 290 g/mol. The standard InChI is InChI=1S/C17H26N2O2/c1-21-16(15-7-3-2-4-8-15)13-19-11-5-6-14(12-19)9-10-17(18)20/h2-4,7-8,14,16H,5-6,9-13H2,1H3,(H2,18,20). The molecular formula is C17H26N2O2. The highest BCUT2D eigenvalue weighted by Crippen LogP contribution is 2.24. The number of ether oxygens (including phenoxy) is 1. The Morgan fingerprint density at radius 1 is 1.43 bits per heavy atom. The number of rotatable bonds is 7. The lowest BCUT2D eigenvalue weighted by Gasteiger charge is -2.34. The number of nitrogens with zero attached hydrogens (tertiary/aromatic N) is 1. The molecule has 0 bridgehead atoms. The van der Waals surface area contributed by atoms with Crippen LogP contribution >= 0.6 is 0 Å². The molecule has 2 atom stereocenters. The van der Waals surface area contributed by atoms with Crippen molar-refractivity contribution in [3.8, 4) is 0 Å². The Kier molecular flexibility index (Phi) is 6.21. The number of carbonyl (C=O) groups is 1. The number of hydrogen-bond donors (Lipinski definition) is 1. The fourth-order valence-electron chi connectivity index (χ4n) is 3.12. The van der Waals surface area contributed by atoms with Crippen LogP contribution in [0.5, 0.6) is 0 Å². The third-order valence-corrected chi connectivity index (χ3v) is 4.28. The fourth-order valence-corrected chi connectivity index (χ4v) is 3.12. The van der Waals surface area contributed by atoms with Crippen LogP contribution in [-0.4, -0.2) is 37.6 Å². The molecule has 1 fully saturated rings. The number of likely N-dealkylation sites (tertiary alicyclic amines) is 1. The maximum Gasteiger partial charge on any atom is 0.217 e. The number of nitrogens with two attached hydrogens (primary N) is 1. The first-order chi connectivity index (χ1) is 10.2. The number of methoxy groups -OCH3 is 1. The topological polar surface area (TPSA) is 55.6 Å². The molecule has 4 heteroatoms. The predicted molar refractivity (Wildman–Crippen MR) is 83.8 cm³/mol. The summed E-state index contributed by atoms with van der Waals surface area (Å²) >= 11 is 0. The molecular weight excluding hydrogens is 264 g/mol. The third-order valence-electron chi connectivity index (χ3n) is 4.28. The summed E-state index contributed by atoms with van der Waals surface area (Å²) in [6.45, 7) is 3.06. The van der Waals surface area contributed by atoms with Gasteiger partial charge in [0.15, 0.2) is 0 Å². The van der Waals surface area contributed by atoms with E-state index in [-0.39, 0.29) is 12.0 Å². The summed E-state index contributed by atoms with van der Waals surface area (Å²) in [7, 11) is 1.77.